The molecule has 1 aliphatic rings. The summed E-state index contributed by atoms with van der Waals surface area (Å²) in [5.41, 5.74) is 1.87. The summed E-state index contributed by atoms with van der Waals surface area (Å²) >= 11 is 0. The molecule has 1 N–H and O–H groups in total. The number of sulfone groups is 1. The lowest BCUT2D eigenvalue weighted by molar-refractivity contribution is 0.504. The number of anilines is 1. The Bertz CT molecular complexity index is 1260. The Morgan fingerprint density at radius 1 is 1.21 bits per heavy atom. The number of sulfonamides is 1. The molecule has 29 heavy (non-hydrogen) atoms. The SMILES string of the molecule is Cc1ccc(C)c(S(=O)(=O)Nc2cc(-c3ccco3)nn2C2CCS(=O)(=O)C2)c1. The molecule has 0 amide bonds. The lowest BCUT2D eigenvalue weighted by Crippen LogP contribution is -2.20. The first-order valence-corrected chi connectivity index (χ1v) is 12.4. The second-order valence-electron chi connectivity index (χ2n) is 7.27. The minimum Gasteiger partial charge on any atom is -0.463 e. The highest BCUT2D eigenvalue weighted by molar-refractivity contribution is 7.92. The van der Waals surface area contributed by atoms with Gasteiger partial charge in [0.1, 0.15) is 11.5 Å². The fraction of sp³-hybridized carbons (Fsp3) is 0.316. The average molecular weight is 436 g/mol. The highest BCUT2D eigenvalue weighted by atomic mass is 32.2. The molecule has 0 radical (unpaired) electrons. The normalized spacial score (nSPS) is 18.8. The summed E-state index contributed by atoms with van der Waals surface area (Å²) in [6, 6.07) is 9.73. The number of aromatic nitrogens is 2. The number of nitrogens with zero attached hydrogens (tertiary/aromatic N) is 2. The molecule has 10 heteroatoms. The van der Waals surface area contributed by atoms with Gasteiger partial charge in [0.15, 0.2) is 15.6 Å². The molecule has 1 unspecified atom stereocenters. The van der Waals surface area contributed by atoms with Crippen LogP contribution < -0.4 is 4.72 Å². The Labute approximate surface area is 169 Å². The molecule has 154 valence electrons. The predicted octanol–water partition coefficient (Wildman–Crippen LogP) is 2.92. The topological polar surface area (TPSA) is 111 Å². The Kier molecular flexibility index (Phi) is 4.78. The van der Waals surface area contributed by atoms with Gasteiger partial charge in [-0.25, -0.2) is 21.5 Å². The van der Waals surface area contributed by atoms with Crippen molar-refractivity contribution in [3.05, 3.63) is 53.8 Å². The van der Waals surface area contributed by atoms with Gasteiger partial charge in [-0.3, -0.25) is 4.72 Å². The maximum absolute atomic E-state index is 13.1. The zero-order chi connectivity index (χ0) is 20.8. The number of nitrogens with one attached hydrogen (secondary N) is 1. The van der Waals surface area contributed by atoms with Crippen molar-refractivity contribution in [3.63, 3.8) is 0 Å². The molecule has 1 saturated heterocycles. The van der Waals surface area contributed by atoms with Crippen LogP contribution in [0.4, 0.5) is 5.82 Å². The Morgan fingerprint density at radius 3 is 2.66 bits per heavy atom. The monoisotopic (exact) mass is 435 g/mol. The van der Waals surface area contributed by atoms with Crippen molar-refractivity contribution in [1.29, 1.82) is 0 Å². The summed E-state index contributed by atoms with van der Waals surface area (Å²) in [6.45, 7) is 3.55. The molecule has 4 rings (SSSR count). The van der Waals surface area contributed by atoms with Crippen molar-refractivity contribution in [2.24, 2.45) is 0 Å². The van der Waals surface area contributed by atoms with Crippen LogP contribution in [0.2, 0.25) is 0 Å². The minimum absolute atomic E-state index is 0.0524. The van der Waals surface area contributed by atoms with Gasteiger partial charge in [0.2, 0.25) is 0 Å². The average Bonchev–Trinajstić information content (AvgIpc) is 3.36. The van der Waals surface area contributed by atoms with Crippen LogP contribution in [0.25, 0.3) is 11.5 Å². The third-order valence-corrected chi connectivity index (χ3v) is 8.18. The fourth-order valence-corrected chi connectivity index (χ4v) is 6.51. The van der Waals surface area contributed by atoms with Gasteiger partial charge in [-0.2, -0.15) is 5.10 Å². The maximum atomic E-state index is 13.1. The highest BCUT2D eigenvalue weighted by Crippen LogP contribution is 2.32. The number of furan rings is 1. The Hall–Kier alpha value is -2.59. The van der Waals surface area contributed by atoms with Crippen LogP contribution in [-0.2, 0) is 19.9 Å². The third kappa shape index (κ3) is 3.95. The zero-order valence-electron chi connectivity index (χ0n) is 16.0. The second kappa shape index (κ2) is 7.03. The third-order valence-electron chi connectivity index (χ3n) is 4.94. The molecule has 2 aromatic heterocycles. The van der Waals surface area contributed by atoms with Crippen molar-refractivity contribution in [2.75, 3.05) is 16.2 Å². The van der Waals surface area contributed by atoms with Crippen molar-refractivity contribution < 1.29 is 21.3 Å². The van der Waals surface area contributed by atoms with E-state index in [9.17, 15) is 16.8 Å². The predicted molar refractivity (Wildman–Crippen MR) is 109 cm³/mol. The van der Waals surface area contributed by atoms with Crippen molar-refractivity contribution >= 4 is 25.7 Å². The van der Waals surface area contributed by atoms with Crippen LogP contribution in [0.1, 0.15) is 23.6 Å². The molecule has 3 heterocycles. The zero-order valence-corrected chi connectivity index (χ0v) is 17.6. The molecule has 0 aliphatic carbocycles. The number of aryl methyl sites for hydroxylation is 2. The van der Waals surface area contributed by atoms with E-state index in [2.05, 4.69) is 9.82 Å². The van der Waals surface area contributed by atoms with Gasteiger partial charge >= 0.3 is 0 Å². The minimum atomic E-state index is -3.89. The molecule has 1 atom stereocenters. The highest BCUT2D eigenvalue weighted by Gasteiger charge is 2.32. The number of benzene rings is 1. The molecule has 1 aliphatic heterocycles. The first kappa shape index (κ1) is 19.7. The van der Waals surface area contributed by atoms with Gasteiger partial charge < -0.3 is 4.42 Å². The first-order valence-electron chi connectivity index (χ1n) is 9.08. The van der Waals surface area contributed by atoms with E-state index in [1.54, 1.807) is 37.3 Å². The van der Waals surface area contributed by atoms with Gasteiger partial charge in [-0.1, -0.05) is 12.1 Å². The molecule has 1 fully saturated rings. The summed E-state index contributed by atoms with van der Waals surface area (Å²) in [5, 5.41) is 4.45. The van der Waals surface area contributed by atoms with E-state index < -0.39 is 25.9 Å². The molecule has 8 nitrogen and oxygen atoms in total. The van der Waals surface area contributed by atoms with Crippen molar-refractivity contribution in [3.8, 4) is 11.5 Å². The molecular formula is C19H21N3O5S2. The van der Waals surface area contributed by atoms with Crippen LogP contribution in [0, 0.1) is 13.8 Å². The molecular weight excluding hydrogens is 414 g/mol. The van der Waals surface area contributed by atoms with E-state index in [4.69, 9.17) is 4.42 Å². The van der Waals surface area contributed by atoms with E-state index in [-0.39, 0.29) is 22.2 Å². The second-order valence-corrected chi connectivity index (χ2v) is 11.1. The van der Waals surface area contributed by atoms with E-state index in [1.807, 2.05) is 13.0 Å². The molecule has 0 saturated carbocycles. The summed E-state index contributed by atoms with van der Waals surface area (Å²) < 4.78 is 59.5. The van der Waals surface area contributed by atoms with E-state index in [0.717, 1.165) is 5.56 Å². The number of hydrogen-bond acceptors (Lipinski definition) is 6. The standard InChI is InChI=1S/C19H21N3O5S2/c1-13-5-6-14(2)18(10-13)29(25,26)21-19-11-16(17-4-3-8-27-17)20-22(19)15-7-9-28(23,24)12-15/h3-6,8,10-11,15,21H,7,9,12H2,1-2H3. The Balaban J connectivity index is 1.77. The quantitative estimate of drug-likeness (QED) is 0.660. The van der Waals surface area contributed by atoms with Gasteiger partial charge in [0, 0.05) is 6.07 Å². The van der Waals surface area contributed by atoms with Gasteiger partial charge in [-0.05, 0) is 49.6 Å². The molecule has 0 spiro atoms. The van der Waals surface area contributed by atoms with Crippen LogP contribution in [0.3, 0.4) is 0 Å². The Morgan fingerprint density at radius 2 is 2.00 bits per heavy atom. The molecule has 1 aromatic carbocycles. The lowest BCUT2D eigenvalue weighted by Gasteiger charge is -2.15. The van der Waals surface area contributed by atoms with Crippen molar-refractivity contribution in [1.82, 2.24) is 9.78 Å². The number of hydrogen-bond donors (Lipinski definition) is 1. The largest absolute Gasteiger partial charge is 0.463 e. The summed E-state index contributed by atoms with van der Waals surface area (Å²) in [5.74, 6) is 0.651. The summed E-state index contributed by atoms with van der Waals surface area (Å²) in [4.78, 5) is 0.170. The summed E-state index contributed by atoms with van der Waals surface area (Å²) in [6.07, 6.45) is 1.87. The van der Waals surface area contributed by atoms with Crippen molar-refractivity contribution in [2.45, 2.75) is 31.2 Å². The molecule has 3 aromatic rings. The van der Waals surface area contributed by atoms with Gasteiger partial charge in [0.05, 0.1) is 28.7 Å². The van der Waals surface area contributed by atoms with E-state index >= 15 is 0 Å². The summed E-state index contributed by atoms with van der Waals surface area (Å²) in [7, 11) is -7.07. The van der Waals surface area contributed by atoms with Crippen LogP contribution in [0.15, 0.2) is 52.0 Å². The van der Waals surface area contributed by atoms with Crippen LogP contribution in [0.5, 0.6) is 0 Å². The molecule has 0 bridgehead atoms. The van der Waals surface area contributed by atoms with Crippen LogP contribution >= 0.6 is 0 Å². The maximum Gasteiger partial charge on any atom is 0.263 e. The fourth-order valence-electron chi connectivity index (χ4n) is 3.45. The van der Waals surface area contributed by atoms with Crippen LogP contribution in [-0.4, -0.2) is 38.1 Å². The lowest BCUT2D eigenvalue weighted by atomic mass is 10.2. The van der Waals surface area contributed by atoms with E-state index in [1.165, 1.54) is 10.9 Å². The smallest absolute Gasteiger partial charge is 0.263 e. The number of rotatable bonds is 5. The van der Waals surface area contributed by atoms with Gasteiger partial charge in [-0.15, -0.1) is 0 Å². The van der Waals surface area contributed by atoms with E-state index in [0.29, 0.717) is 23.4 Å². The van der Waals surface area contributed by atoms with Gasteiger partial charge in [0.25, 0.3) is 10.0 Å². The first-order chi connectivity index (χ1) is 13.6.